The summed E-state index contributed by atoms with van der Waals surface area (Å²) in [5.74, 6) is -0.961. The fourth-order valence-electron chi connectivity index (χ4n) is 2.57. The van der Waals surface area contributed by atoms with Crippen molar-refractivity contribution in [2.75, 3.05) is 13.1 Å². The van der Waals surface area contributed by atoms with Crippen molar-refractivity contribution < 1.29 is 14.7 Å². The van der Waals surface area contributed by atoms with E-state index in [0.717, 1.165) is 0 Å². The van der Waals surface area contributed by atoms with Gasteiger partial charge in [0.15, 0.2) is 0 Å². The second-order valence-corrected chi connectivity index (χ2v) is 5.33. The first kappa shape index (κ1) is 13.5. The summed E-state index contributed by atoms with van der Waals surface area (Å²) >= 11 is 0. The number of rotatable bonds is 3. The number of hydrogen-bond donors (Lipinski definition) is 1. The predicted octanol–water partition coefficient (Wildman–Crippen LogP) is 1.65. The van der Waals surface area contributed by atoms with Crippen molar-refractivity contribution in [2.45, 2.75) is 20.3 Å². The molecule has 1 unspecified atom stereocenters. The molecule has 0 saturated carbocycles. The third-order valence-corrected chi connectivity index (χ3v) is 4.03. The SMILES string of the molecule is CC(C)C1(C(=O)O)CCN(C(=O)c2cccnc2)C1. The Morgan fingerprint density at radius 2 is 2.21 bits per heavy atom. The van der Waals surface area contributed by atoms with Gasteiger partial charge in [-0.05, 0) is 24.5 Å². The van der Waals surface area contributed by atoms with Crippen LogP contribution >= 0.6 is 0 Å². The van der Waals surface area contributed by atoms with Gasteiger partial charge in [0, 0.05) is 25.5 Å². The maximum absolute atomic E-state index is 12.3. The van der Waals surface area contributed by atoms with E-state index in [-0.39, 0.29) is 18.4 Å². The number of amides is 1. The highest BCUT2D eigenvalue weighted by Gasteiger charge is 2.48. The van der Waals surface area contributed by atoms with Crippen molar-refractivity contribution in [1.82, 2.24) is 9.88 Å². The molecule has 1 atom stereocenters. The van der Waals surface area contributed by atoms with Crippen molar-refractivity contribution in [1.29, 1.82) is 0 Å². The van der Waals surface area contributed by atoms with Gasteiger partial charge in [-0.3, -0.25) is 14.6 Å². The Kier molecular flexibility index (Phi) is 3.55. The van der Waals surface area contributed by atoms with E-state index >= 15 is 0 Å². The molecule has 1 aliphatic rings. The standard InChI is InChI=1S/C14H18N2O3/c1-10(2)14(13(18)19)5-7-16(9-14)12(17)11-4-3-6-15-8-11/h3-4,6,8,10H,5,7,9H2,1-2H3,(H,18,19). The monoisotopic (exact) mass is 262 g/mol. The minimum Gasteiger partial charge on any atom is -0.481 e. The van der Waals surface area contributed by atoms with Crippen molar-refractivity contribution >= 4 is 11.9 Å². The first-order chi connectivity index (χ1) is 8.97. The van der Waals surface area contributed by atoms with Gasteiger partial charge in [0.25, 0.3) is 5.91 Å². The Morgan fingerprint density at radius 1 is 1.47 bits per heavy atom. The van der Waals surface area contributed by atoms with Crippen molar-refractivity contribution in [3.8, 4) is 0 Å². The smallest absolute Gasteiger partial charge is 0.311 e. The summed E-state index contributed by atoms with van der Waals surface area (Å²) < 4.78 is 0. The van der Waals surface area contributed by atoms with E-state index in [1.807, 2.05) is 13.8 Å². The number of likely N-dealkylation sites (tertiary alicyclic amines) is 1. The van der Waals surface area contributed by atoms with Crippen molar-refractivity contribution in [2.24, 2.45) is 11.3 Å². The molecule has 1 amide bonds. The molecular formula is C14H18N2O3. The van der Waals surface area contributed by atoms with E-state index in [0.29, 0.717) is 18.5 Å². The lowest BCUT2D eigenvalue weighted by atomic mass is 9.76. The van der Waals surface area contributed by atoms with E-state index in [2.05, 4.69) is 4.98 Å². The van der Waals surface area contributed by atoms with Gasteiger partial charge in [-0.2, -0.15) is 0 Å². The third-order valence-electron chi connectivity index (χ3n) is 4.03. The lowest BCUT2D eigenvalue weighted by Crippen LogP contribution is -2.40. The van der Waals surface area contributed by atoms with Crippen LogP contribution in [0.4, 0.5) is 0 Å². The molecule has 19 heavy (non-hydrogen) atoms. The van der Waals surface area contributed by atoms with Gasteiger partial charge in [0.2, 0.25) is 0 Å². The largest absolute Gasteiger partial charge is 0.481 e. The minimum atomic E-state index is -0.822. The molecule has 1 aromatic heterocycles. The Hall–Kier alpha value is -1.91. The Balaban J connectivity index is 2.18. The summed E-state index contributed by atoms with van der Waals surface area (Å²) in [5, 5.41) is 9.45. The summed E-state index contributed by atoms with van der Waals surface area (Å²) in [6.45, 7) is 4.55. The number of carboxylic acids is 1. The molecule has 1 N–H and O–H groups in total. The Morgan fingerprint density at radius 3 is 2.68 bits per heavy atom. The fraction of sp³-hybridized carbons (Fsp3) is 0.500. The molecule has 2 heterocycles. The maximum atomic E-state index is 12.3. The van der Waals surface area contributed by atoms with Crippen LogP contribution in [0.1, 0.15) is 30.6 Å². The van der Waals surface area contributed by atoms with E-state index < -0.39 is 11.4 Å². The van der Waals surface area contributed by atoms with E-state index in [1.54, 1.807) is 23.2 Å². The molecule has 0 radical (unpaired) electrons. The molecule has 5 heteroatoms. The zero-order valence-electron chi connectivity index (χ0n) is 11.2. The van der Waals surface area contributed by atoms with Gasteiger partial charge < -0.3 is 10.0 Å². The molecule has 0 aliphatic carbocycles. The summed E-state index contributed by atoms with van der Waals surface area (Å²) in [6.07, 6.45) is 3.63. The highest BCUT2D eigenvalue weighted by molar-refractivity contribution is 5.94. The molecule has 1 aliphatic heterocycles. The molecule has 0 spiro atoms. The topological polar surface area (TPSA) is 70.5 Å². The van der Waals surface area contributed by atoms with E-state index in [9.17, 15) is 14.7 Å². The number of pyridine rings is 1. The van der Waals surface area contributed by atoms with E-state index in [1.165, 1.54) is 6.20 Å². The van der Waals surface area contributed by atoms with Gasteiger partial charge in [-0.15, -0.1) is 0 Å². The highest BCUT2D eigenvalue weighted by Crippen LogP contribution is 2.38. The zero-order chi connectivity index (χ0) is 14.0. The van der Waals surface area contributed by atoms with Gasteiger partial charge in [-0.25, -0.2) is 0 Å². The first-order valence-corrected chi connectivity index (χ1v) is 6.40. The van der Waals surface area contributed by atoms with E-state index in [4.69, 9.17) is 0 Å². The lowest BCUT2D eigenvalue weighted by Gasteiger charge is -2.28. The highest BCUT2D eigenvalue weighted by atomic mass is 16.4. The average molecular weight is 262 g/mol. The van der Waals surface area contributed by atoms with Gasteiger partial charge in [0.05, 0.1) is 11.0 Å². The maximum Gasteiger partial charge on any atom is 0.311 e. The number of aliphatic carboxylic acids is 1. The van der Waals surface area contributed by atoms with Crippen molar-refractivity contribution in [3.63, 3.8) is 0 Å². The van der Waals surface area contributed by atoms with Gasteiger partial charge in [-0.1, -0.05) is 13.8 Å². The lowest BCUT2D eigenvalue weighted by molar-refractivity contribution is -0.150. The van der Waals surface area contributed by atoms with Crippen LogP contribution in [0.15, 0.2) is 24.5 Å². The molecular weight excluding hydrogens is 244 g/mol. The summed E-state index contributed by atoms with van der Waals surface area (Å²) in [7, 11) is 0. The third kappa shape index (κ3) is 2.32. The Labute approximate surface area is 112 Å². The average Bonchev–Trinajstić information content (AvgIpc) is 2.85. The molecule has 1 saturated heterocycles. The molecule has 0 bridgehead atoms. The van der Waals surface area contributed by atoms with Crippen LogP contribution in [0.3, 0.4) is 0 Å². The fourth-order valence-corrected chi connectivity index (χ4v) is 2.57. The normalized spacial score (nSPS) is 22.8. The van der Waals surface area contributed by atoms with Gasteiger partial charge in [0.1, 0.15) is 0 Å². The summed E-state index contributed by atoms with van der Waals surface area (Å²) in [4.78, 5) is 29.3. The first-order valence-electron chi connectivity index (χ1n) is 6.40. The van der Waals surface area contributed by atoms with Crippen LogP contribution in [0.2, 0.25) is 0 Å². The molecule has 1 aromatic rings. The minimum absolute atomic E-state index is 0.00306. The molecule has 1 fully saturated rings. The molecule has 102 valence electrons. The molecule has 0 aromatic carbocycles. The predicted molar refractivity (Wildman–Crippen MR) is 69.7 cm³/mol. The second kappa shape index (κ2) is 4.99. The molecule has 5 nitrogen and oxygen atoms in total. The van der Waals surface area contributed by atoms with Crippen LogP contribution in [0.5, 0.6) is 0 Å². The van der Waals surface area contributed by atoms with Crippen molar-refractivity contribution in [3.05, 3.63) is 30.1 Å². The number of hydrogen-bond acceptors (Lipinski definition) is 3. The van der Waals surface area contributed by atoms with Crippen LogP contribution in [0, 0.1) is 11.3 Å². The van der Waals surface area contributed by atoms with Crippen LogP contribution in [0.25, 0.3) is 0 Å². The zero-order valence-corrected chi connectivity index (χ0v) is 11.2. The number of carboxylic acid groups (broad SMARTS) is 1. The number of nitrogens with zero attached hydrogens (tertiary/aromatic N) is 2. The summed E-state index contributed by atoms with van der Waals surface area (Å²) in [5.41, 5.74) is -0.315. The number of carbonyl (C=O) groups excluding carboxylic acids is 1. The van der Waals surface area contributed by atoms with Crippen LogP contribution in [-0.4, -0.2) is 40.0 Å². The summed E-state index contributed by atoms with van der Waals surface area (Å²) in [6, 6.07) is 3.40. The number of aromatic nitrogens is 1. The van der Waals surface area contributed by atoms with Crippen LogP contribution < -0.4 is 0 Å². The Bertz CT molecular complexity index is 487. The van der Waals surface area contributed by atoms with Gasteiger partial charge >= 0.3 is 5.97 Å². The number of carbonyl (C=O) groups is 2. The second-order valence-electron chi connectivity index (χ2n) is 5.33. The quantitative estimate of drug-likeness (QED) is 0.899. The van der Waals surface area contributed by atoms with Crippen LogP contribution in [-0.2, 0) is 4.79 Å². The molecule has 2 rings (SSSR count).